The summed E-state index contributed by atoms with van der Waals surface area (Å²) in [5.41, 5.74) is 4.16. The van der Waals surface area contributed by atoms with Crippen molar-refractivity contribution in [1.29, 1.82) is 0 Å². The lowest BCUT2D eigenvalue weighted by atomic mass is 9.99. The summed E-state index contributed by atoms with van der Waals surface area (Å²) in [6.45, 7) is 1.73. The maximum atomic E-state index is 11.6. The van der Waals surface area contributed by atoms with Gasteiger partial charge in [-0.25, -0.2) is 0 Å². The van der Waals surface area contributed by atoms with Gasteiger partial charge in [0, 0.05) is 12.0 Å². The van der Waals surface area contributed by atoms with Crippen LogP contribution in [0.3, 0.4) is 0 Å². The molecule has 0 aliphatic heterocycles. The quantitative estimate of drug-likeness (QED) is 0.348. The van der Waals surface area contributed by atoms with Gasteiger partial charge in [-0.3, -0.25) is 4.79 Å². The number of aliphatic hydroxyl groups excluding tert-OH is 3. The van der Waals surface area contributed by atoms with Crippen molar-refractivity contribution in [2.45, 2.75) is 25.4 Å². The second kappa shape index (κ2) is 6.02. The predicted molar refractivity (Wildman–Crippen MR) is 54.9 cm³/mol. The molecular formula is C9H20N2O4. The van der Waals surface area contributed by atoms with Crippen LogP contribution < -0.4 is 11.1 Å². The lowest BCUT2D eigenvalue weighted by Gasteiger charge is -2.30. The Bertz CT molecular complexity index is 196. The highest BCUT2D eigenvalue weighted by Crippen LogP contribution is 2.06. The van der Waals surface area contributed by atoms with Crippen LogP contribution in [0.5, 0.6) is 0 Å². The van der Waals surface area contributed by atoms with E-state index in [0.29, 0.717) is 0 Å². The first-order valence-corrected chi connectivity index (χ1v) is 4.82. The van der Waals surface area contributed by atoms with Gasteiger partial charge in [-0.05, 0) is 6.92 Å². The van der Waals surface area contributed by atoms with Gasteiger partial charge < -0.3 is 26.4 Å². The largest absolute Gasteiger partial charge is 0.394 e. The Labute approximate surface area is 89.1 Å². The van der Waals surface area contributed by atoms with E-state index in [-0.39, 0.29) is 6.04 Å². The van der Waals surface area contributed by atoms with Gasteiger partial charge in [0.1, 0.15) is 5.54 Å². The van der Waals surface area contributed by atoms with E-state index in [0.717, 1.165) is 0 Å². The zero-order chi connectivity index (χ0) is 12.1. The van der Waals surface area contributed by atoms with Crippen LogP contribution in [0.15, 0.2) is 0 Å². The van der Waals surface area contributed by atoms with Crippen LogP contribution in [-0.2, 0) is 4.79 Å². The van der Waals surface area contributed by atoms with E-state index >= 15 is 0 Å². The molecule has 0 aliphatic rings. The van der Waals surface area contributed by atoms with Crippen LogP contribution in [0.25, 0.3) is 0 Å². The molecule has 6 heteroatoms. The molecule has 6 N–H and O–H groups in total. The summed E-state index contributed by atoms with van der Waals surface area (Å²) in [5.74, 6) is -0.851. The maximum Gasteiger partial charge on any atom is 0.225 e. The Morgan fingerprint density at radius 3 is 1.93 bits per heavy atom. The molecule has 0 heterocycles. The molecule has 15 heavy (non-hydrogen) atoms. The highest BCUT2D eigenvalue weighted by molar-refractivity contribution is 5.79. The van der Waals surface area contributed by atoms with Gasteiger partial charge in [0.25, 0.3) is 0 Å². The smallest absolute Gasteiger partial charge is 0.225 e. The lowest BCUT2D eigenvalue weighted by molar-refractivity contribution is -0.129. The van der Waals surface area contributed by atoms with Crippen LogP contribution >= 0.6 is 0 Å². The number of amides is 1. The van der Waals surface area contributed by atoms with Gasteiger partial charge in [0.2, 0.25) is 5.91 Å². The molecule has 90 valence electrons. The third-order valence-electron chi connectivity index (χ3n) is 2.50. The van der Waals surface area contributed by atoms with E-state index in [1.54, 1.807) is 13.8 Å². The monoisotopic (exact) mass is 220 g/mol. The fourth-order valence-corrected chi connectivity index (χ4v) is 0.883. The van der Waals surface area contributed by atoms with Gasteiger partial charge in [0.15, 0.2) is 0 Å². The predicted octanol–water partition coefficient (Wildman–Crippen LogP) is -2.20. The van der Waals surface area contributed by atoms with Crippen molar-refractivity contribution in [3.05, 3.63) is 0 Å². The van der Waals surface area contributed by atoms with E-state index in [2.05, 4.69) is 5.32 Å². The van der Waals surface area contributed by atoms with Crippen LogP contribution in [0.2, 0.25) is 0 Å². The molecule has 0 aliphatic carbocycles. The summed E-state index contributed by atoms with van der Waals surface area (Å²) in [5, 5.41) is 29.3. The molecule has 0 rings (SSSR count). The second-order valence-electron chi connectivity index (χ2n) is 3.89. The van der Waals surface area contributed by atoms with Crippen LogP contribution in [0.4, 0.5) is 0 Å². The molecule has 0 aromatic carbocycles. The van der Waals surface area contributed by atoms with Crippen LogP contribution in [0.1, 0.15) is 13.8 Å². The second-order valence-corrected chi connectivity index (χ2v) is 3.89. The maximum absolute atomic E-state index is 11.6. The molecule has 1 amide bonds. The van der Waals surface area contributed by atoms with E-state index in [1.807, 2.05) is 0 Å². The first-order chi connectivity index (χ1) is 6.92. The fourth-order valence-electron chi connectivity index (χ4n) is 0.883. The van der Waals surface area contributed by atoms with Crippen molar-refractivity contribution in [3.8, 4) is 0 Å². The van der Waals surface area contributed by atoms with Crippen molar-refractivity contribution in [1.82, 2.24) is 5.32 Å². The molecule has 2 unspecified atom stereocenters. The summed E-state index contributed by atoms with van der Waals surface area (Å²) in [7, 11) is 0. The number of carbonyl (C=O) groups excluding carboxylic acids is 1. The lowest BCUT2D eigenvalue weighted by Crippen LogP contribution is -2.59. The molecule has 0 bridgehead atoms. The van der Waals surface area contributed by atoms with E-state index < -0.39 is 37.2 Å². The normalized spacial score (nSPS) is 15.9. The highest BCUT2D eigenvalue weighted by Gasteiger charge is 2.32. The number of aliphatic hydroxyl groups is 3. The van der Waals surface area contributed by atoms with Crippen molar-refractivity contribution >= 4 is 5.91 Å². The Morgan fingerprint density at radius 2 is 1.67 bits per heavy atom. The van der Waals surface area contributed by atoms with Crippen LogP contribution in [-0.4, -0.2) is 52.6 Å². The van der Waals surface area contributed by atoms with Gasteiger partial charge in [-0.1, -0.05) is 6.92 Å². The zero-order valence-corrected chi connectivity index (χ0v) is 9.10. The molecule has 6 nitrogen and oxygen atoms in total. The molecule has 0 aromatic heterocycles. The molecule has 0 saturated heterocycles. The molecule has 0 radical (unpaired) electrons. The number of hydrogen-bond donors (Lipinski definition) is 5. The van der Waals surface area contributed by atoms with E-state index in [1.165, 1.54) is 0 Å². The molecule has 0 aromatic rings. The highest BCUT2D eigenvalue weighted by atomic mass is 16.3. The van der Waals surface area contributed by atoms with Crippen molar-refractivity contribution in [2.24, 2.45) is 11.7 Å². The summed E-state index contributed by atoms with van der Waals surface area (Å²) in [4.78, 5) is 11.6. The minimum absolute atomic E-state index is 0.334. The molecule has 0 spiro atoms. The first kappa shape index (κ1) is 14.3. The molecule has 0 saturated carbocycles. The van der Waals surface area contributed by atoms with Crippen LogP contribution in [0, 0.1) is 5.92 Å². The van der Waals surface area contributed by atoms with Gasteiger partial charge in [-0.15, -0.1) is 0 Å². The standard InChI is InChI=1S/C9H20N2O4/c1-6(7(2)10)8(15)11-9(3-12,4-13)5-14/h6-7,12-14H,3-5,10H2,1-2H3,(H,11,15). The summed E-state index contributed by atoms with van der Waals surface area (Å²) in [6, 6.07) is -0.334. The third-order valence-corrected chi connectivity index (χ3v) is 2.50. The molecular weight excluding hydrogens is 200 g/mol. The number of carbonyl (C=O) groups is 1. The molecule has 0 fully saturated rings. The number of nitrogens with two attached hydrogens (primary N) is 1. The Hall–Kier alpha value is -0.690. The summed E-state index contributed by atoms with van der Waals surface area (Å²) >= 11 is 0. The third kappa shape index (κ3) is 3.75. The number of hydrogen-bond acceptors (Lipinski definition) is 5. The van der Waals surface area contributed by atoms with Crippen molar-refractivity contribution in [3.63, 3.8) is 0 Å². The number of rotatable bonds is 6. The Balaban J connectivity index is 4.48. The minimum atomic E-state index is -1.37. The van der Waals surface area contributed by atoms with Gasteiger partial charge >= 0.3 is 0 Å². The fraction of sp³-hybridized carbons (Fsp3) is 0.889. The van der Waals surface area contributed by atoms with Gasteiger partial charge in [-0.2, -0.15) is 0 Å². The zero-order valence-electron chi connectivity index (χ0n) is 9.10. The van der Waals surface area contributed by atoms with Crippen molar-refractivity contribution < 1.29 is 20.1 Å². The molecule has 2 atom stereocenters. The average molecular weight is 220 g/mol. The Kier molecular flexibility index (Phi) is 5.74. The number of nitrogens with one attached hydrogen (secondary N) is 1. The van der Waals surface area contributed by atoms with Crippen molar-refractivity contribution in [2.75, 3.05) is 19.8 Å². The van der Waals surface area contributed by atoms with E-state index in [4.69, 9.17) is 21.1 Å². The topological polar surface area (TPSA) is 116 Å². The minimum Gasteiger partial charge on any atom is -0.394 e. The van der Waals surface area contributed by atoms with Gasteiger partial charge in [0.05, 0.1) is 19.8 Å². The summed E-state index contributed by atoms with van der Waals surface area (Å²) < 4.78 is 0. The SMILES string of the molecule is CC(N)C(C)C(=O)NC(CO)(CO)CO. The summed E-state index contributed by atoms with van der Waals surface area (Å²) in [6.07, 6.45) is 0. The van der Waals surface area contributed by atoms with E-state index in [9.17, 15) is 4.79 Å². The first-order valence-electron chi connectivity index (χ1n) is 4.82. The Morgan fingerprint density at radius 1 is 1.27 bits per heavy atom. The average Bonchev–Trinajstić information content (AvgIpc) is 2.24.